The molecule has 0 spiro atoms. The van der Waals surface area contributed by atoms with Crippen molar-refractivity contribution < 1.29 is 14.3 Å². The highest BCUT2D eigenvalue weighted by molar-refractivity contribution is 7.80. The first-order valence-electron chi connectivity index (χ1n) is 7.82. The van der Waals surface area contributed by atoms with E-state index in [0.717, 1.165) is 29.7 Å². The molecule has 1 rings (SSSR count). The molecule has 0 saturated carbocycles. The van der Waals surface area contributed by atoms with Crippen molar-refractivity contribution in [3.63, 3.8) is 0 Å². The summed E-state index contributed by atoms with van der Waals surface area (Å²) in [5.74, 6) is -0.671. The summed E-state index contributed by atoms with van der Waals surface area (Å²) in [6.07, 6.45) is 1.74. The third-order valence-electron chi connectivity index (χ3n) is 3.25. The predicted octanol–water partition coefficient (Wildman–Crippen LogP) is 3.10. The van der Waals surface area contributed by atoms with Crippen LogP contribution in [0.5, 0.6) is 0 Å². The Morgan fingerprint density at radius 2 is 1.96 bits per heavy atom. The van der Waals surface area contributed by atoms with Crippen molar-refractivity contribution in [1.29, 1.82) is 0 Å². The number of benzene rings is 1. The lowest BCUT2D eigenvalue weighted by atomic mass is 10.1. The number of hydrogen-bond donors (Lipinski definition) is 2. The van der Waals surface area contributed by atoms with E-state index >= 15 is 0 Å². The number of ether oxygens (including phenoxy) is 1. The van der Waals surface area contributed by atoms with Crippen LogP contribution >= 0.6 is 12.2 Å². The molecule has 0 saturated heterocycles. The van der Waals surface area contributed by atoms with Gasteiger partial charge >= 0.3 is 5.97 Å². The Labute approximate surface area is 142 Å². The number of hydrogen-bond acceptors (Lipinski definition) is 4. The topological polar surface area (TPSA) is 67.4 Å². The molecule has 0 aliphatic rings. The summed E-state index contributed by atoms with van der Waals surface area (Å²) >= 11 is 5.17. The molecule has 0 aromatic heterocycles. The van der Waals surface area contributed by atoms with Crippen LogP contribution in [0.1, 0.15) is 44.2 Å². The lowest BCUT2D eigenvalue weighted by Gasteiger charge is -2.15. The molecule has 126 valence electrons. The molecule has 2 N–H and O–H groups in total. The number of anilines is 1. The maximum Gasteiger partial charge on any atom is 0.306 e. The van der Waals surface area contributed by atoms with E-state index in [4.69, 9.17) is 17.0 Å². The van der Waals surface area contributed by atoms with Gasteiger partial charge in [-0.1, -0.05) is 32.0 Å². The fourth-order valence-corrected chi connectivity index (χ4v) is 2.26. The molecule has 1 aromatic rings. The van der Waals surface area contributed by atoms with Crippen molar-refractivity contribution in [1.82, 2.24) is 5.32 Å². The first-order chi connectivity index (χ1) is 11.0. The number of carbonyl (C=O) groups excluding carboxylic acids is 2. The minimum Gasteiger partial charge on any atom is -0.466 e. The van der Waals surface area contributed by atoms with Gasteiger partial charge in [-0.3, -0.25) is 9.59 Å². The molecule has 0 atom stereocenters. The number of rotatable bonds is 7. The highest BCUT2D eigenvalue weighted by Crippen LogP contribution is 2.20. The maximum atomic E-state index is 11.8. The van der Waals surface area contributed by atoms with Crippen molar-refractivity contribution >= 4 is 34.9 Å². The summed E-state index contributed by atoms with van der Waals surface area (Å²) in [5, 5.41) is 5.89. The van der Waals surface area contributed by atoms with Gasteiger partial charge in [0, 0.05) is 12.1 Å². The molecule has 0 aliphatic carbocycles. The Kier molecular flexibility index (Phi) is 8.26. The normalized spacial score (nSPS) is 10.0. The Hall–Kier alpha value is -1.95. The van der Waals surface area contributed by atoms with Crippen LogP contribution in [-0.4, -0.2) is 23.6 Å². The van der Waals surface area contributed by atoms with Crippen LogP contribution in [0.4, 0.5) is 5.69 Å². The molecule has 0 unspecified atom stereocenters. The van der Waals surface area contributed by atoms with Gasteiger partial charge in [-0.2, -0.15) is 0 Å². The second-order valence-electron chi connectivity index (χ2n) is 5.19. The van der Waals surface area contributed by atoms with Crippen molar-refractivity contribution in [2.75, 3.05) is 11.9 Å². The second-order valence-corrected chi connectivity index (χ2v) is 5.59. The van der Waals surface area contributed by atoms with Crippen LogP contribution in [-0.2, 0) is 20.7 Å². The molecule has 0 radical (unpaired) electrons. The summed E-state index contributed by atoms with van der Waals surface area (Å²) in [4.78, 5) is 23.2. The van der Waals surface area contributed by atoms with Gasteiger partial charge in [-0.25, -0.2) is 0 Å². The van der Waals surface area contributed by atoms with Crippen molar-refractivity contribution in [2.45, 2.75) is 46.5 Å². The number of aryl methyl sites for hydroxylation is 2. The molecule has 1 aromatic carbocycles. The number of carbonyl (C=O) groups is 2. The monoisotopic (exact) mass is 336 g/mol. The summed E-state index contributed by atoms with van der Waals surface area (Å²) in [6.45, 7) is 6.34. The average molecular weight is 336 g/mol. The van der Waals surface area contributed by atoms with Crippen LogP contribution in [0, 0.1) is 6.92 Å². The molecular formula is C17H24N2O3S. The first-order valence-corrected chi connectivity index (χ1v) is 8.23. The van der Waals surface area contributed by atoms with E-state index in [9.17, 15) is 9.59 Å². The molecule has 0 bridgehead atoms. The minimum atomic E-state index is -0.368. The Bertz CT molecular complexity index is 573. The van der Waals surface area contributed by atoms with Gasteiger partial charge in [0.2, 0.25) is 5.91 Å². The molecule has 0 aliphatic heterocycles. The van der Waals surface area contributed by atoms with E-state index in [2.05, 4.69) is 17.6 Å². The zero-order chi connectivity index (χ0) is 17.2. The maximum absolute atomic E-state index is 11.8. The number of thiocarbonyl (C=S) groups is 1. The molecule has 0 fully saturated rings. The second kappa shape index (κ2) is 9.94. The van der Waals surface area contributed by atoms with Gasteiger partial charge in [-0.15, -0.1) is 0 Å². The number of esters is 1. The van der Waals surface area contributed by atoms with E-state index in [0.29, 0.717) is 6.61 Å². The van der Waals surface area contributed by atoms with Gasteiger partial charge < -0.3 is 15.4 Å². The van der Waals surface area contributed by atoms with Crippen molar-refractivity contribution in [2.24, 2.45) is 0 Å². The van der Waals surface area contributed by atoms with Crippen LogP contribution in [0.2, 0.25) is 0 Å². The van der Waals surface area contributed by atoms with Crippen LogP contribution in [0.15, 0.2) is 18.2 Å². The quantitative estimate of drug-likeness (QED) is 0.591. The summed E-state index contributed by atoms with van der Waals surface area (Å²) in [7, 11) is 0. The molecule has 5 nitrogen and oxygen atoms in total. The third-order valence-corrected chi connectivity index (χ3v) is 3.46. The summed E-state index contributed by atoms with van der Waals surface area (Å²) < 4.78 is 4.92. The third kappa shape index (κ3) is 6.78. The van der Waals surface area contributed by atoms with Crippen LogP contribution < -0.4 is 10.6 Å². The van der Waals surface area contributed by atoms with Crippen molar-refractivity contribution in [3.8, 4) is 0 Å². The average Bonchev–Trinajstić information content (AvgIpc) is 2.52. The smallest absolute Gasteiger partial charge is 0.306 e. The highest BCUT2D eigenvalue weighted by Gasteiger charge is 2.11. The van der Waals surface area contributed by atoms with E-state index in [1.165, 1.54) is 0 Å². The van der Waals surface area contributed by atoms with Crippen LogP contribution in [0.3, 0.4) is 0 Å². The predicted molar refractivity (Wildman–Crippen MR) is 95.4 cm³/mol. The van der Waals surface area contributed by atoms with E-state index in [1.54, 1.807) is 0 Å². The molecule has 23 heavy (non-hydrogen) atoms. The Morgan fingerprint density at radius 3 is 2.61 bits per heavy atom. The molecular weight excluding hydrogens is 312 g/mol. The SMILES string of the molecule is CCCOC(=O)CCC(=O)NC(=S)Nc1c(C)cccc1CC. The fraction of sp³-hybridized carbons (Fsp3) is 0.471. The Morgan fingerprint density at radius 1 is 1.22 bits per heavy atom. The van der Waals surface area contributed by atoms with Gasteiger partial charge in [0.25, 0.3) is 0 Å². The zero-order valence-electron chi connectivity index (χ0n) is 13.9. The number of amides is 1. The largest absolute Gasteiger partial charge is 0.466 e. The van der Waals surface area contributed by atoms with E-state index in [1.807, 2.05) is 32.0 Å². The van der Waals surface area contributed by atoms with Gasteiger partial charge in [0.15, 0.2) is 5.11 Å². The Balaban J connectivity index is 2.48. The van der Waals surface area contributed by atoms with E-state index in [-0.39, 0.29) is 29.8 Å². The summed E-state index contributed by atoms with van der Waals surface area (Å²) in [5.41, 5.74) is 3.11. The minimum absolute atomic E-state index is 0.0543. The lowest BCUT2D eigenvalue weighted by Crippen LogP contribution is -2.34. The van der Waals surface area contributed by atoms with Gasteiger partial charge in [-0.05, 0) is 43.1 Å². The van der Waals surface area contributed by atoms with Crippen LogP contribution in [0.25, 0.3) is 0 Å². The lowest BCUT2D eigenvalue weighted by molar-refractivity contribution is -0.144. The standard InChI is InChI=1S/C17H24N2O3S/c1-4-11-22-15(21)10-9-14(20)18-17(23)19-16-12(3)7-6-8-13(16)5-2/h6-8H,4-5,9-11H2,1-3H3,(H2,18,19,20,23). The van der Waals surface area contributed by atoms with Gasteiger partial charge in [0.1, 0.15) is 0 Å². The van der Waals surface area contributed by atoms with E-state index < -0.39 is 0 Å². The molecule has 1 amide bonds. The zero-order valence-corrected chi connectivity index (χ0v) is 14.7. The number of para-hydroxylation sites is 1. The fourth-order valence-electron chi connectivity index (χ4n) is 2.04. The highest BCUT2D eigenvalue weighted by atomic mass is 32.1. The van der Waals surface area contributed by atoms with Crippen molar-refractivity contribution in [3.05, 3.63) is 29.3 Å². The first kappa shape index (κ1) is 19.1. The summed E-state index contributed by atoms with van der Waals surface area (Å²) in [6, 6.07) is 5.99. The molecule has 0 heterocycles. The van der Waals surface area contributed by atoms with Gasteiger partial charge in [0.05, 0.1) is 13.0 Å². The number of nitrogens with one attached hydrogen (secondary N) is 2. The molecule has 6 heteroatoms.